The Hall–Kier alpha value is -2.00. The van der Waals surface area contributed by atoms with Gasteiger partial charge in [0.2, 0.25) is 5.91 Å². The van der Waals surface area contributed by atoms with Gasteiger partial charge in [0.1, 0.15) is 6.10 Å². The highest BCUT2D eigenvalue weighted by atomic mass is 28.4. The van der Waals surface area contributed by atoms with Crippen molar-refractivity contribution in [1.82, 2.24) is 4.90 Å². The van der Waals surface area contributed by atoms with Crippen LogP contribution >= 0.6 is 0 Å². The van der Waals surface area contributed by atoms with Crippen LogP contribution in [0.5, 0.6) is 0 Å². The highest BCUT2D eigenvalue weighted by molar-refractivity contribution is 6.74. The Morgan fingerprint density at radius 1 is 1.02 bits per heavy atom. The first-order valence-electron chi connectivity index (χ1n) is 16.2. The zero-order valence-electron chi connectivity index (χ0n) is 26.7. The summed E-state index contributed by atoms with van der Waals surface area (Å²) in [6.45, 7) is 11.2. The maximum atomic E-state index is 14.3. The van der Waals surface area contributed by atoms with Gasteiger partial charge in [0.15, 0.2) is 14.1 Å². The van der Waals surface area contributed by atoms with Crippen molar-refractivity contribution in [2.45, 2.75) is 141 Å². The topological polar surface area (TPSA) is 99.2 Å². The average Bonchev–Trinajstić information content (AvgIpc) is 3.21. The van der Waals surface area contributed by atoms with Crippen molar-refractivity contribution in [1.29, 1.82) is 0 Å². The molecule has 9 heteroatoms. The van der Waals surface area contributed by atoms with Crippen LogP contribution in [0.3, 0.4) is 0 Å². The standard InChI is InChI=1S/C33H53NO7Si/c1-32(2,3)42(5,6)41-26-19-27-28(35)21-33(31(38)39-4)20-24(33)15-11-9-7-8-10-14-23(30(37)34(27)22-26)18-29(36)40-25-16-12-13-17-25/h11,15,23-27H,7-10,12-14,16-22H2,1-6H3/b15-11-/t23-,24-,26-,27+,33-/m1/s1. The number of ketones is 1. The van der Waals surface area contributed by atoms with Crippen molar-refractivity contribution < 1.29 is 33.1 Å². The van der Waals surface area contributed by atoms with E-state index in [0.717, 1.165) is 51.4 Å². The number of carbonyl (C=O) groups excluding carboxylic acids is 4. The highest BCUT2D eigenvalue weighted by Gasteiger charge is 2.61. The van der Waals surface area contributed by atoms with Crippen molar-refractivity contribution in [3.63, 3.8) is 0 Å². The molecule has 0 spiro atoms. The monoisotopic (exact) mass is 603 g/mol. The number of allylic oxidation sites excluding steroid dienone is 2. The number of ether oxygens (including phenoxy) is 2. The minimum absolute atomic E-state index is 0.0211. The van der Waals surface area contributed by atoms with E-state index in [1.165, 1.54) is 7.11 Å². The Bertz CT molecular complexity index is 1040. The number of rotatable bonds is 6. The molecule has 0 radical (unpaired) electrons. The van der Waals surface area contributed by atoms with Crippen LogP contribution in [0.4, 0.5) is 0 Å². The summed E-state index contributed by atoms with van der Waals surface area (Å²) in [6.07, 6.45) is 13.1. The lowest BCUT2D eigenvalue weighted by atomic mass is 9.91. The quantitative estimate of drug-likeness (QED) is 0.205. The zero-order valence-corrected chi connectivity index (χ0v) is 27.7. The fourth-order valence-corrected chi connectivity index (χ4v) is 8.19. The number of fused-ring (bicyclic) bond motifs is 2. The molecule has 42 heavy (non-hydrogen) atoms. The summed E-state index contributed by atoms with van der Waals surface area (Å²) in [5.74, 6) is -1.51. The smallest absolute Gasteiger partial charge is 0.312 e. The molecule has 0 bridgehead atoms. The number of esters is 2. The summed E-state index contributed by atoms with van der Waals surface area (Å²) >= 11 is 0. The lowest BCUT2D eigenvalue weighted by Gasteiger charge is -2.38. The van der Waals surface area contributed by atoms with Crippen LogP contribution in [0.15, 0.2) is 12.2 Å². The van der Waals surface area contributed by atoms with E-state index >= 15 is 0 Å². The second kappa shape index (κ2) is 13.3. The van der Waals surface area contributed by atoms with Crippen molar-refractivity contribution in [2.75, 3.05) is 13.7 Å². The lowest BCUT2D eigenvalue weighted by molar-refractivity contribution is -0.154. The molecule has 0 aromatic rings. The summed E-state index contributed by atoms with van der Waals surface area (Å²) in [6, 6.07) is -0.683. The van der Waals surface area contributed by atoms with Gasteiger partial charge in [-0.05, 0) is 75.4 Å². The van der Waals surface area contributed by atoms with E-state index in [2.05, 4.69) is 46.0 Å². The maximum Gasteiger partial charge on any atom is 0.312 e. The molecule has 8 nitrogen and oxygen atoms in total. The van der Waals surface area contributed by atoms with Crippen LogP contribution in [0.1, 0.15) is 104 Å². The second-order valence-electron chi connectivity index (χ2n) is 14.7. The molecule has 0 aromatic heterocycles. The number of hydrogen-bond donors (Lipinski definition) is 0. The van der Waals surface area contributed by atoms with Gasteiger partial charge >= 0.3 is 11.9 Å². The van der Waals surface area contributed by atoms with Gasteiger partial charge in [-0.25, -0.2) is 0 Å². The molecule has 2 heterocycles. The highest BCUT2D eigenvalue weighted by Crippen LogP contribution is 2.57. The SMILES string of the molecule is COC(=O)[C@]12CC(=O)[C@@H]3C[C@@H](O[Si](C)(C)C(C)(C)C)CN3C(=O)[C@@H](CC(=O)OC3CCCC3)CCCCC/C=C\[C@@H]1C2. The number of hydrogen-bond acceptors (Lipinski definition) is 7. The number of methoxy groups -OCH3 is 1. The zero-order chi connectivity index (χ0) is 30.7. The Kier molecular flexibility index (Phi) is 10.4. The normalized spacial score (nSPS) is 32.4. The molecule has 4 rings (SSSR count). The predicted octanol–water partition coefficient (Wildman–Crippen LogP) is 6.13. The molecular formula is C33H53NO7Si. The fraction of sp³-hybridized carbons (Fsp3) is 0.818. The van der Waals surface area contributed by atoms with Gasteiger partial charge in [-0.1, -0.05) is 45.8 Å². The Morgan fingerprint density at radius 3 is 2.38 bits per heavy atom. The number of nitrogens with zero attached hydrogens (tertiary/aromatic N) is 1. The third-order valence-corrected chi connectivity index (χ3v) is 15.1. The summed E-state index contributed by atoms with van der Waals surface area (Å²) < 4.78 is 17.7. The van der Waals surface area contributed by atoms with E-state index in [-0.39, 0.29) is 59.6 Å². The molecule has 2 saturated carbocycles. The summed E-state index contributed by atoms with van der Waals surface area (Å²) in [5, 5.41) is -0.0211. The minimum Gasteiger partial charge on any atom is -0.469 e. The molecule has 2 aliphatic heterocycles. The number of Topliss-reactive ketones (excluding diaryl/α,β-unsaturated/α-hetero) is 1. The largest absolute Gasteiger partial charge is 0.469 e. The van der Waals surface area contributed by atoms with Crippen LogP contribution in [0, 0.1) is 17.3 Å². The molecule has 236 valence electrons. The lowest BCUT2D eigenvalue weighted by Crippen LogP contribution is -2.46. The Balaban J connectivity index is 1.60. The van der Waals surface area contributed by atoms with E-state index < -0.39 is 25.7 Å². The van der Waals surface area contributed by atoms with E-state index in [0.29, 0.717) is 25.8 Å². The van der Waals surface area contributed by atoms with Gasteiger partial charge in [-0.3, -0.25) is 19.2 Å². The van der Waals surface area contributed by atoms with E-state index in [1.807, 2.05) is 0 Å². The first-order valence-corrected chi connectivity index (χ1v) is 19.1. The van der Waals surface area contributed by atoms with Crippen molar-refractivity contribution in [3.05, 3.63) is 12.2 Å². The molecule has 0 N–H and O–H groups in total. The molecule has 1 amide bonds. The van der Waals surface area contributed by atoms with E-state index in [1.54, 1.807) is 4.90 Å². The van der Waals surface area contributed by atoms with Crippen LogP contribution in [-0.2, 0) is 33.1 Å². The molecule has 1 saturated heterocycles. The molecule has 0 unspecified atom stereocenters. The maximum absolute atomic E-state index is 14.3. The van der Waals surface area contributed by atoms with Gasteiger partial charge in [0, 0.05) is 25.3 Å². The molecule has 2 aliphatic carbocycles. The van der Waals surface area contributed by atoms with Gasteiger partial charge in [0.05, 0.1) is 31.1 Å². The Morgan fingerprint density at radius 2 is 1.71 bits per heavy atom. The first kappa shape index (κ1) is 32.9. The Labute approximate surface area is 253 Å². The van der Waals surface area contributed by atoms with Crippen molar-refractivity contribution in [2.24, 2.45) is 17.3 Å². The molecule has 5 atom stereocenters. The van der Waals surface area contributed by atoms with E-state index in [9.17, 15) is 19.2 Å². The van der Waals surface area contributed by atoms with Gasteiger partial charge < -0.3 is 18.8 Å². The van der Waals surface area contributed by atoms with Gasteiger partial charge in [0.25, 0.3) is 0 Å². The number of amides is 1. The van der Waals surface area contributed by atoms with Crippen molar-refractivity contribution >= 4 is 31.9 Å². The van der Waals surface area contributed by atoms with Crippen molar-refractivity contribution in [3.8, 4) is 0 Å². The minimum atomic E-state index is -2.17. The average molecular weight is 604 g/mol. The van der Waals surface area contributed by atoms with Gasteiger partial charge in [-0.2, -0.15) is 0 Å². The molecule has 0 aromatic carbocycles. The summed E-state index contributed by atoms with van der Waals surface area (Å²) in [5.41, 5.74) is -0.861. The van der Waals surface area contributed by atoms with Crippen LogP contribution in [-0.4, -0.2) is 68.8 Å². The first-order chi connectivity index (χ1) is 19.8. The molecule has 4 aliphatic rings. The predicted molar refractivity (Wildman–Crippen MR) is 163 cm³/mol. The molecular weight excluding hydrogens is 550 g/mol. The second-order valence-corrected chi connectivity index (χ2v) is 19.5. The fourth-order valence-electron chi connectivity index (χ4n) is 6.83. The molecule has 3 fully saturated rings. The van der Waals surface area contributed by atoms with E-state index in [4.69, 9.17) is 13.9 Å². The number of carbonyl (C=O) groups is 4. The third kappa shape index (κ3) is 7.55. The summed E-state index contributed by atoms with van der Waals surface area (Å²) in [7, 11) is -0.798. The summed E-state index contributed by atoms with van der Waals surface area (Å²) in [4.78, 5) is 56.0. The van der Waals surface area contributed by atoms with Crippen LogP contribution in [0.2, 0.25) is 18.1 Å². The third-order valence-electron chi connectivity index (χ3n) is 10.6. The van der Waals surface area contributed by atoms with Crippen LogP contribution < -0.4 is 0 Å². The van der Waals surface area contributed by atoms with Crippen LogP contribution in [0.25, 0.3) is 0 Å². The van der Waals surface area contributed by atoms with Gasteiger partial charge in [-0.15, -0.1) is 0 Å².